The summed E-state index contributed by atoms with van der Waals surface area (Å²) in [5.74, 6) is -1.01. The Morgan fingerprint density at radius 2 is 1.43 bits per heavy atom. The number of aromatic carboxylic acids is 1. The zero-order valence-corrected chi connectivity index (χ0v) is 13.6. The van der Waals surface area contributed by atoms with Crippen molar-refractivity contribution in [3.05, 3.63) is 54.1 Å². The lowest BCUT2D eigenvalue weighted by Gasteiger charge is -2.12. The van der Waals surface area contributed by atoms with Crippen LogP contribution in [0, 0.1) is 5.92 Å². The van der Waals surface area contributed by atoms with E-state index in [1.165, 1.54) is 0 Å². The van der Waals surface area contributed by atoms with Crippen molar-refractivity contribution in [2.24, 2.45) is 5.92 Å². The van der Waals surface area contributed by atoms with Crippen molar-refractivity contribution in [3.63, 3.8) is 0 Å². The summed E-state index contributed by atoms with van der Waals surface area (Å²) in [7, 11) is 0. The van der Waals surface area contributed by atoms with Crippen LogP contribution >= 0.6 is 11.6 Å². The maximum atomic E-state index is 11.8. The third-order valence-electron chi connectivity index (χ3n) is 3.35. The van der Waals surface area contributed by atoms with Crippen LogP contribution in [0.2, 0.25) is 0 Å². The van der Waals surface area contributed by atoms with Gasteiger partial charge in [0, 0.05) is 0 Å². The minimum atomic E-state index is -0.959. The highest BCUT2D eigenvalue weighted by Crippen LogP contribution is 2.24. The third kappa shape index (κ3) is 4.33. The molecule has 0 spiro atoms. The van der Waals surface area contributed by atoms with Crippen molar-refractivity contribution in [1.82, 2.24) is 0 Å². The van der Waals surface area contributed by atoms with E-state index in [1.54, 1.807) is 48.5 Å². The summed E-state index contributed by atoms with van der Waals surface area (Å²) in [5.41, 5.74) is 2.01. The number of hydrogen-bond acceptors (Lipinski definition) is 3. The fourth-order valence-corrected chi connectivity index (χ4v) is 2.01. The summed E-state index contributed by atoms with van der Waals surface area (Å²) in [6.45, 7) is 3.70. The van der Waals surface area contributed by atoms with Crippen LogP contribution in [0.3, 0.4) is 0 Å². The Hall–Kier alpha value is -2.33. The van der Waals surface area contributed by atoms with Gasteiger partial charge in [-0.2, -0.15) is 0 Å². The van der Waals surface area contributed by atoms with Gasteiger partial charge in [0.2, 0.25) is 0 Å². The van der Waals surface area contributed by atoms with Crippen LogP contribution in [-0.2, 0) is 4.79 Å². The van der Waals surface area contributed by atoms with Gasteiger partial charge in [0.15, 0.2) is 0 Å². The van der Waals surface area contributed by atoms with Gasteiger partial charge in [0.25, 0.3) is 0 Å². The van der Waals surface area contributed by atoms with Crippen molar-refractivity contribution < 1.29 is 19.4 Å². The van der Waals surface area contributed by atoms with Crippen LogP contribution in [0.25, 0.3) is 11.1 Å². The number of hydrogen-bond donors (Lipinski definition) is 1. The van der Waals surface area contributed by atoms with Gasteiger partial charge >= 0.3 is 11.9 Å². The average molecular weight is 333 g/mol. The van der Waals surface area contributed by atoms with Gasteiger partial charge < -0.3 is 9.84 Å². The molecular weight excluding hydrogens is 316 g/mol. The van der Waals surface area contributed by atoms with Gasteiger partial charge in [-0.25, -0.2) is 4.79 Å². The van der Waals surface area contributed by atoms with Crippen LogP contribution in [0.1, 0.15) is 24.2 Å². The molecule has 2 rings (SSSR count). The van der Waals surface area contributed by atoms with Gasteiger partial charge in [-0.3, -0.25) is 4.79 Å². The number of carboxylic acids is 1. The molecular formula is C18H17ClO4. The second-order valence-corrected chi connectivity index (χ2v) is 5.94. The van der Waals surface area contributed by atoms with Crippen LogP contribution in [0.4, 0.5) is 0 Å². The lowest BCUT2D eigenvalue weighted by molar-refractivity contribution is -0.134. The number of alkyl halides is 1. The van der Waals surface area contributed by atoms with Crippen LogP contribution in [0.5, 0.6) is 5.75 Å². The largest absolute Gasteiger partial charge is 0.478 e. The molecule has 0 saturated heterocycles. The monoisotopic (exact) mass is 332 g/mol. The normalized spacial score (nSPS) is 12.0. The molecule has 0 radical (unpaired) electrons. The maximum absolute atomic E-state index is 11.8. The zero-order valence-electron chi connectivity index (χ0n) is 12.8. The molecule has 1 atom stereocenters. The first-order valence-electron chi connectivity index (χ1n) is 7.18. The van der Waals surface area contributed by atoms with E-state index in [1.807, 2.05) is 13.8 Å². The predicted octanol–water partition coefficient (Wildman–Crippen LogP) is 4.22. The Kier molecular flexibility index (Phi) is 5.40. The van der Waals surface area contributed by atoms with Crippen LogP contribution < -0.4 is 4.74 Å². The zero-order chi connectivity index (χ0) is 17.0. The second kappa shape index (κ2) is 7.29. The number of benzene rings is 2. The summed E-state index contributed by atoms with van der Waals surface area (Å²) >= 11 is 5.96. The molecule has 0 aliphatic heterocycles. The molecule has 0 fully saturated rings. The Balaban J connectivity index is 2.10. The van der Waals surface area contributed by atoms with Crippen molar-refractivity contribution in [3.8, 4) is 16.9 Å². The summed E-state index contributed by atoms with van der Waals surface area (Å²) in [4.78, 5) is 22.6. The highest BCUT2D eigenvalue weighted by molar-refractivity contribution is 6.30. The van der Waals surface area contributed by atoms with Crippen molar-refractivity contribution in [2.45, 2.75) is 19.2 Å². The Morgan fingerprint density at radius 1 is 0.957 bits per heavy atom. The smallest absolute Gasteiger partial charge is 0.335 e. The van der Waals surface area contributed by atoms with E-state index in [4.69, 9.17) is 21.4 Å². The van der Waals surface area contributed by atoms with Gasteiger partial charge in [0.1, 0.15) is 11.1 Å². The van der Waals surface area contributed by atoms with E-state index in [0.717, 1.165) is 11.1 Å². The first-order valence-corrected chi connectivity index (χ1v) is 7.61. The van der Waals surface area contributed by atoms with Gasteiger partial charge in [-0.1, -0.05) is 38.1 Å². The summed E-state index contributed by atoms with van der Waals surface area (Å²) in [6, 6.07) is 13.5. The molecule has 0 aliphatic rings. The number of esters is 1. The minimum Gasteiger partial charge on any atom is -0.478 e. The number of halogens is 1. The lowest BCUT2D eigenvalue weighted by Crippen LogP contribution is -2.25. The highest BCUT2D eigenvalue weighted by atomic mass is 35.5. The summed E-state index contributed by atoms with van der Waals surface area (Å²) in [5, 5.41) is 8.21. The molecule has 0 heterocycles. The molecule has 1 unspecified atom stereocenters. The quantitative estimate of drug-likeness (QED) is 0.506. The molecule has 0 aliphatic carbocycles. The van der Waals surface area contributed by atoms with E-state index in [0.29, 0.717) is 5.75 Å². The first-order chi connectivity index (χ1) is 10.9. The van der Waals surface area contributed by atoms with E-state index in [2.05, 4.69) is 0 Å². The lowest BCUT2D eigenvalue weighted by atomic mass is 10.0. The number of carboxylic acid groups (broad SMARTS) is 1. The first kappa shape index (κ1) is 17.0. The topological polar surface area (TPSA) is 63.6 Å². The van der Waals surface area contributed by atoms with Crippen LogP contribution in [0.15, 0.2) is 48.5 Å². The van der Waals surface area contributed by atoms with E-state index >= 15 is 0 Å². The van der Waals surface area contributed by atoms with Gasteiger partial charge in [-0.15, -0.1) is 11.6 Å². The SMILES string of the molecule is CC(C)C(Cl)C(=O)Oc1ccc(-c2ccc(C(=O)O)cc2)cc1. The molecule has 0 bridgehead atoms. The summed E-state index contributed by atoms with van der Waals surface area (Å²) in [6.07, 6.45) is 0. The number of carbonyl (C=O) groups is 2. The number of ether oxygens (including phenoxy) is 1. The molecule has 0 saturated carbocycles. The number of carbonyl (C=O) groups excluding carboxylic acids is 1. The molecule has 0 amide bonds. The molecule has 0 aromatic heterocycles. The Bertz CT molecular complexity index is 690. The standard InChI is InChI=1S/C18H17ClO4/c1-11(2)16(19)18(22)23-15-9-7-13(8-10-15)12-3-5-14(6-4-12)17(20)21/h3-11,16H,1-2H3,(H,20,21). The molecule has 5 heteroatoms. The van der Waals surface area contributed by atoms with Crippen molar-refractivity contribution in [1.29, 1.82) is 0 Å². The highest BCUT2D eigenvalue weighted by Gasteiger charge is 2.21. The van der Waals surface area contributed by atoms with Crippen molar-refractivity contribution >= 4 is 23.5 Å². The Morgan fingerprint density at radius 3 is 1.87 bits per heavy atom. The van der Waals surface area contributed by atoms with Gasteiger partial charge in [-0.05, 0) is 41.3 Å². The number of rotatable bonds is 5. The van der Waals surface area contributed by atoms with E-state index in [-0.39, 0.29) is 11.5 Å². The van der Waals surface area contributed by atoms with Crippen LogP contribution in [-0.4, -0.2) is 22.4 Å². The fourth-order valence-electron chi connectivity index (χ4n) is 1.97. The molecule has 23 heavy (non-hydrogen) atoms. The molecule has 4 nitrogen and oxygen atoms in total. The molecule has 120 valence electrons. The minimum absolute atomic E-state index is 0.00353. The maximum Gasteiger partial charge on any atom is 0.335 e. The average Bonchev–Trinajstić information content (AvgIpc) is 2.54. The Labute approximate surface area is 139 Å². The third-order valence-corrected chi connectivity index (χ3v) is 4.03. The fraction of sp³-hybridized carbons (Fsp3) is 0.222. The molecule has 2 aromatic rings. The second-order valence-electron chi connectivity index (χ2n) is 5.47. The predicted molar refractivity (Wildman–Crippen MR) is 89.0 cm³/mol. The van der Waals surface area contributed by atoms with E-state index < -0.39 is 17.3 Å². The van der Waals surface area contributed by atoms with E-state index in [9.17, 15) is 9.59 Å². The molecule has 1 N–H and O–H groups in total. The van der Waals surface area contributed by atoms with Gasteiger partial charge in [0.05, 0.1) is 5.56 Å². The van der Waals surface area contributed by atoms with Crippen molar-refractivity contribution in [2.75, 3.05) is 0 Å². The molecule has 2 aromatic carbocycles. The summed E-state index contributed by atoms with van der Waals surface area (Å²) < 4.78 is 5.23.